The number of piperazine rings is 1. The summed E-state index contributed by atoms with van der Waals surface area (Å²) in [7, 11) is 1.36. The molecule has 98 valence electrons. The van der Waals surface area contributed by atoms with Crippen molar-refractivity contribution < 1.29 is 14.3 Å². The molecule has 17 heavy (non-hydrogen) atoms. The van der Waals surface area contributed by atoms with Crippen molar-refractivity contribution >= 4 is 11.9 Å². The summed E-state index contributed by atoms with van der Waals surface area (Å²) in [6.45, 7) is 9.46. The Bertz CT molecular complexity index is 309. The van der Waals surface area contributed by atoms with Gasteiger partial charge in [0.25, 0.3) is 0 Å². The van der Waals surface area contributed by atoms with Crippen LogP contribution in [0.15, 0.2) is 0 Å². The van der Waals surface area contributed by atoms with Crippen LogP contribution < -0.4 is 0 Å². The lowest BCUT2D eigenvalue weighted by Gasteiger charge is -2.46. The SMILES string of the molecule is CCN1CC(=O)N(C(C)(C)C)C(C(=O)OC)C1. The van der Waals surface area contributed by atoms with Gasteiger partial charge in [0.1, 0.15) is 6.04 Å². The van der Waals surface area contributed by atoms with Gasteiger partial charge in [0.15, 0.2) is 0 Å². The zero-order valence-electron chi connectivity index (χ0n) is 11.3. The van der Waals surface area contributed by atoms with Gasteiger partial charge < -0.3 is 9.64 Å². The summed E-state index contributed by atoms with van der Waals surface area (Å²) in [5.41, 5.74) is -0.365. The van der Waals surface area contributed by atoms with E-state index in [1.807, 2.05) is 32.6 Å². The van der Waals surface area contributed by atoms with E-state index in [2.05, 4.69) is 0 Å². The van der Waals surface area contributed by atoms with Crippen LogP contribution in [0.5, 0.6) is 0 Å². The Hall–Kier alpha value is -1.10. The van der Waals surface area contributed by atoms with Crippen LogP contribution in [0.1, 0.15) is 27.7 Å². The van der Waals surface area contributed by atoms with Crippen molar-refractivity contribution in [3.8, 4) is 0 Å². The summed E-state index contributed by atoms with van der Waals surface area (Å²) in [5, 5.41) is 0. The van der Waals surface area contributed by atoms with Crippen molar-refractivity contribution in [1.29, 1.82) is 0 Å². The molecule has 0 bridgehead atoms. The second-order valence-corrected chi connectivity index (χ2v) is 5.30. The molecule has 1 unspecified atom stereocenters. The third kappa shape index (κ3) is 2.97. The molecule has 1 saturated heterocycles. The number of nitrogens with zero attached hydrogens (tertiary/aromatic N) is 2. The standard InChI is InChI=1S/C12H22N2O3/c1-6-13-7-9(11(16)17-5)14(10(15)8-13)12(2,3)4/h9H,6-8H2,1-5H3. The largest absolute Gasteiger partial charge is 0.467 e. The number of likely N-dealkylation sites (N-methyl/N-ethyl adjacent to an activating group) is 1. The molecular weight excluding hydrogens is 220 g/mol. The van der Waals surface area contributed by atoms with Gasteiger partial charge in [-0.15, -0.1) is 0 Å². The highest BCUT2D eigenvalue weighted by Crippen LogP contribution is 2.22. The first-order valence-corrected chi connectivity index (χ1v) is 5.93. The third-order valence-corrected chi connectivity index (χ3v) is 3.01. The van der Waals surface area contributed by atoms with Crippen LogP contribution in [-0.4, -0.2) is 60.0 Å². The normalized spacial score (nSPS) is 22.8. The maximum atomic E-state index is 12.1. The van der Waals surface area contributed by atoms with Gasteiger partial charge >= 0.3 is 5.97 Å². The Balaban J connectivity index is 2.99. The van der Waals surface area contributed by atoms with E-state index < -0.39 is 6.04 Å². The minimum atomic E-state index is -0.499. The predicted molar refractivity (Wildman–Crippen MR) is 64.5 cm³/mol. The van der Waals surface area contributed by atoms with Gasteiger partial charge in [0.05, 0.1) is 13.7 Å². The number of amides is 1. The number of hydrogen-bond acceptors (Lipinski definition) is 4. The van der Waals surface area contributed by atoms with Crippen molar-refractivity contribution in [3.63, 3.8) is 0 Å². The Labute approximate surface area is 103 Å². The van der Waals surface area contributed by atoms with E-state index in [4.69, 9.17) is 4.74 Å². The molecule has 1 aliphatic heterocycles. The highest BCUT2D eigenvalue weighted by atomic mass is 16.5. The smallest absolute Gasteiger partial charge is 0.329 e. The van der Waals surface area contributed by atoms with E-state index in [-0.39, 0.29) is 17.4 Å². The number of rotatable bonds is 2. The lowest BCUT2D eigenvalue weighted by molar-refractivity contribution is -0.163. The molecule has 1 heterocycles. The van der Waals surface area contributed by atoms with Gasteiger partial charge in [-0.05, 0) is 27.3 Å². The highest BCUT2D eigenvalue weighted by molar-refractivity contribution is 5.87. The topological polar surface area (TPSA) is 49.9 Å². The molecule has 0 saturated carbocycles. The first-order valence-electron chi connectivity index (χ1n) is 5.93. The van der Waals surface area contributed by atoms with Crippen LogP contribution in [0.2, 0.25) is 0 Å². The average Bonchev–Trinajstić information content (AvgIpc) is 2.24. The van der Waals surface area contributed by atoms with E-state index in [0.29, 0.717) is 13.1 Å². The van der Waals surface area contributed by atoms with Crippen molar-refractivity contribution in [2.75, 3.05) is 26.7 Å². The fourth-order valence-electron chi connectivity index (χ4n) is 2.23. The number of esters is 1. The van der Waals surface area contributed by atoms with Gasteiger partial charge in [-0.25, -0.2) is 4.79 Å². The molecular formula is C12H22N2O3. The lowest BCUT2D eigenvalue weighted by Crippen LogP contribution is -2.64. The Morgan fingerprint density at radius 2 is 2.06 bits per heavy atom. The van der Waals surface area contributed by atoms with Crippen molar-refractivity contribution in [2.24, 2.45) is 0 Å². The van der Waals surface area contributed by atoms with Crippen molar-refractivity contribution in [3.05, 3.63) is 0 Å². The van der Waals surface area contributed by atoms with Crippen LogP contribution in [0.3, 0.4) is 0 Å². The molecule has 5 heteroatoms. The van der Waals surface area contributed by atoms with Crippen molar-refractivity contribution in [2.45, 2.75) is 39.3 Å². The van der Waals surface area contributed by atoms with Gasteiger partial charge in [0.2, 0.25) is 5.91 Å². The zero-order valence-corrected chi connectivity index (χ0v) is 11.3. The quantitative estimate of drug-likeness (QED) is 0.661. The summed E-state index contributed by atoms with van der Waals surface area (Å²) in [5.74, 6) is -0.354. The lowest BCUT2D eigenvalue weighted by atomic mass is 9.99. The predicted octanol–water partition coefficient (Wildman–Crippen LogP) is 0.491. The van der Waals surface area contributed by atoms with Crippen LogP contribution in [0, 0.1) is 0 Å². The average molecular weight is 242 g/mol. The molecule has 0 aromatic rings. The second kappa shape index (κ2) is 5.04. The van der Waals surface area contributed by atoms with E-state index in [1.54, 1.807) is 4.90 Å². The van der Waals surface area contributed by atoms with Gasteiger partial charge in [-0.2, -0.15) is 0 Å². The maximum absolute atomic E-state index is 12.1. The van der Waals surface area contributed by atoms with E-state index >= 15 is 0 Å². The Morgan fingerprint density at radius 1 is 1.47 bits per heavy atom. The van der Waals surface area contributed by atoms with Crippen LogP contribution >= 0.6 is 0 Å². The van der Waals surface area contributed by atoms with E-state index in [9.17, 15) is 9.59 Å². The van der Waals surface area contributed by atoms with E-state index in [0.717, 1.165) is 6.54 Å². The van der Waals surface area contributed by atoms with Crippen molar-refractivity contribution in [1.82, 2.24) is 9.80 Å². The summed E-state index contributed by atoms with van der Waals surface area (Å²) < 4.78 is 4.80. The van der Waals surface area contributed by atoms with E-state index in [1.165, 1.54) is 7.11 Å². The highest BCUT2D eigenvalue weighted by Gasteiger charge is 2.42. The molecule has 1 fully saturated rings. The molecule has 1 rings (SSSR count). The molecule has 5 nitrogen and oxygen atoms in total. The molecule has 0 radical (unpaired) electrons. The first kappa shape index (κ1) is 14.0. The van der Waals surface area contributed by atoms with Gasteiger partial charge in [-0.1, -0.05) is 6.92 Å². The molecule has 1 aliphatic rings. The van der Waals surface area contributed by atoms with Crippen LogP contribution in [0.25, 0.3) is 0 Å². The summed E-state index contributed by atoms with van der Waals surface area (Å²) in [6.07, 6.45) is 0. The molecule has 0 aromatic heterocycles. The molecule has 1 atom stereocenters. The molecule has 0 spiro atoms. The minimum absolute atomic E-state index is 0.0130. The molecule has 0 aromatic carbocycles. The second-order valence-electron chi connectivity index (χ2n) is 5.30. The molecule has 1 amide bonds. The fourth-order valence-corrected chi connectivity index (χ4v) is 2.23. The zero-order chi connectivity index (χ0) is 13.2. The monoisotopic (exact) mass is 242 g/mol. The molecule has 0 aliphatic carbocycles. The number of ether oxygens (including phenoxy) is 1. The van der Waals surface area contributed by atoms with Crippen LogP contribution in [0.4, 0.5) is 0 Å². The number of methoxy groups -OCH3 is 1. The summed E-state index contributed by atoms with van der Waals surface area (Å²) >= 11 is 0. The third-order valence-electron chi connectivity index (χ3n) is 3.01. The summed E-state index contributed by atoms with van der Waals surface area (Å²) in [6, 6.07) is -0.499. The molecule has 0 N–H and O–H groups in total. The van der Waals surface area contributed by atoms with Crippen LogP contribution in [-0.2, 0) is 14.3 Å². The van der Waals surface area contributed by atoms with Gasteiger partial charge in [0, 0.05) is 12.1 Å². The number of hydrogen-bond donors (Lipinski definition) is 0. The van der Waals surface area contributed by atoms with Gasteiger partial charge in [-0.3, -0.25) is 9.69 Å². The Morgan fingerprint density at radius 3 is 2.47 bits per heavy atom. The number of carbonyl (C=O) groups excluding carboxylic acids is 2. The summed E-state index contributed by atoms with van der Waals surface area (Å²) in [4.78, 5) is 27.5. The minimum Gasteiger partial charge on any atom is -0.467 e. The first-order chi connectivity index (χ1) is 7.81. The maximum Gasteiger partial charge on any atom is 0.329 e. The number of carbonyl (C=O) groups is 2. The fraction of sp³-hybridized carbons (Fsp3) is 0.833. The Kier molecular flexibility index (Phi) is 4.14.